The van der Waals surface area contributed by atoms with Crippen molar-refractivity contribution in [1.29, 1.82) is 0 Å². The van der Waals surface area contributed by atoms with Gasteiger partial charge in [-0.15, -0.1) is 0 Å². The van der Waals surface area contributed by atoms with E-state index in [0.717, 1.165) is 37.3 Å². The molecule has 0 aliphatic carbocycles. The SMILES string of the molecule is CC(C)c1ccc(NC2CCCN(C(=O)CCC3=NNC(=O)CC3)C2)cc1. The molecule has 6 nitrogen and oxygen atoms in total. The van der Waals surface area contributed by atoms with Gasteiger partial charge in [0.25, 0.3) is 0 Å². The Morgan fingerprint density at radius 2 is 2.07 bits per heavy atom. The Bertz CT molecular complexity index is 697. The van der Waals surface area contributed by atoms with Gasteiger partial charge in [-0.1, -0.05) is 26.0 Å². The van der Waals surface area contributed by atoms with Crippen LogP contribution < -0.4 is 10.7 Å². The van der Waals surface area contributed by atoms with Gasteiger partial charge in [-0.2, -0.15) is 5.10 Å². The summed E-state index contributed by atoms with van der Waals surface area (Å²) in [5.41, 5.74) is 5.86. The number of amides is 2. The van der Waals surface area contributed by atoms with Gasteiger partial charge in [0, 0.05) is 43.4 Å². The van der Waals surface area contributed by atoms with E-state index in [1.807, 2.05) is 4.90 Å². The van der Waals surface area contributed by atoms with Gasteiger partial charge in [0.2, 0.25) is 11.8 Å². The zero-order valence-corrected chi connectivity index (χ0v) is 16.3. The van der Waals surface area contributed by atoms with E-state index < -0.39 is 0 Å². The molecule has 2 heterocycles. The Kier molecular flexibility index (Phi) is 6.48. The molecule has 0 bridgehead atoms. The van der Waals surface area contributed by atoms with Crippen molar-refractivity contribution < 1.29 is 9.59 Å². The van der Waals surface area contributed by atoms with E-state index in [1.165, 1.54) is 5.56 Å². The molecule has 0 aromatic heterocycles. The lowest BCUT2D eigenvalue weighted by molar-refractivity contribution is -0.132. The highest BCUT2D eigenvalue weighted by Gasteiger charge is 2.24. The fraction of sp³-hybridized carbons (Fsp3) is 0.571. The van der Waals surface area contributed by atoms with Crippen molar-refractivity contribution in [2.45, 2.75) is 64.3 Å². The molecule has 146 valence electrons. The number of piperidine rings is 1. The molecule has 6 heteroatoms. The minimum atomic E-state index is -0.0450. The predicted molar refractivity (Wildman–Crippen MR) is 108 cm³/mol. The lowest BCUT2D eigenvalue weighted by Crippen LogP contribution is -2.45. The van der Waals surface area contributed by atoms with Gasteiger partial charge in [0.05, 0.1) is 0 Å². The number of benzene rings is 1. The summed E-state index contributed by atoms with van der Waals surface area (Å²) in [5.74, 6) is 0.664. The van der Waals surface area contributed by atoms with Crippen molar-refractivity contribution in [3.05, 3.63) is 29.8 Å². The van der Waals surface area contributed by atoms with E-state index in [0.29, 0.717) is 37.6 Å². The van der Waals surface area contributed by atoms with Crippen LogP contribution in [0.3, 0.4) is 0 Å². The van der Waals surface area contributed by atoms with Gasteiger partial charge in [-0.25, -0.2) is 5.43 Å². The largest absolute Gasteiger partial charge is 0.381 e. The van der Waals surface area contributed by atoms with Crippen LogP contribution in [-0.4, -0.2) is 41.6 Å². The second-order valence-electron chi connectivity index (χ2n) is 7.81. The molecule has 1 aromatic rings. The molecule has 2 amide bonds. The smallest absolute Gasteiger partial charge is 0.240 e. The monoisotopic (exact) mass is 370 g/mol. The van der Waals surface area contributed by atoms with E-state index in [1.54, 1.807) is 0 Å². The average molecular weight is 370 g/mol. The Hall–Kier alpha value is -2.37. The van der Waals surface area contributed by atoms with Crippen LogP contribution >= 0.6 is 0 Å². The number of nitrogens with zero attached hydrogens (tertiary/aromatic N) is 2. The predicted octanol–water partition coefficient (Wildman–Crippen LogP) is 3.26. The first kappa shape index (κ1) is 19.4. The Morgan fingerprint density at radius 1 is 1.30 bits per heavy atom. The molecule has 0 saturated carbocycles. The van der Waals surface area contributed by atoms with Gasteiger partial charge in [-0.3, -0.25) is 9.59 Å². The zero-order chi connectivity index (χ0) is 19.2. The van der Waals surface area contributed by atoms with Crippen LogP contribution in [-0.2, 0) is 9.59 Å². The van der Waals surface area contributed by atoms with E-state index in [9.17, 15) is 9.59 Å². The number of likely N-dealkylation sites (tertiary alicyclic amines) is 1. The van der Waals surface area contributed by atoms with Gasteiger partial charge in [0.15, 0.2) is 0 Å². The van der Waals surface area contributed by atoms with E-state index in [-0.39, 0.29) is 11.8 Å². The number of carbonyl (C=O) groups is 2. The number of carbonyl (C=O) groups excluding carboxylic acids is 2. The topological polar surface area (TPSA) is 73.8 Å². The fourth-order valence-corrected chi connectivity index (χ4v) is 3.62. The lowest BCUT2D eigenvalue weighted by Gasteiger charge is -2.34. The summed E-state index contributed by atoms with van der Waals surface area (Å²) in [6.45, 7) is 5.96. The molecular weight excluding hydrogens is 340 g/mol. The van der Waals surface area contributed by atoms with E-state index in [2.05, 4.69) is 54.0 Å². The zero-order valence-electron chi connectivity index (χ0n) is 16.3. The molecule has 1 unspecified atom stereocenters. The highest BCUT2D eigenvalue weighted by molar-refractivity contribution is 5.94. The van der Waals surface area contributed by atoms with Crippen LogP contribution in [0, 0.1) is 0 Å². The van der Waals surface area contributed by atoms with E-state index in [4.69, 9.17) is 0 Å². The second kappa shape index (κ2) is 9.02. The van der Waals surface area contributed by atoms with Crippen molar-refractivity contribution in [2.24, 2.45) is 5.10 Å². The van der Waals surface area contributed by atoms with Crippen LogP contribution in [0.15, 0.2) is 29.4 Å². The molecular formula is C21H30N4O2. The molecule has 1 saturated heterocycles. The Morgan fingerprint density at radius 3 is 2.74 bits per heavy atom. The number of rotatable bonds is 6. The summed E-state index contributed by atoms with van der Waals surface area (Å²) in [5, 5.41) is 7.63. The summed E-state index contributed by atoms with van der Waals surface area (Å²) in [7, 11) is 0. The minimum absolute atomic E-state index is 0.0450. The number of nitrogens with one attached hydrogen (secondary N) is 2. The Balaban J connectivity index is 1.48. The number of hydrogen-bond donors (Lipinski definition) is 2. The maximum Gasteiger partial charge on any atom is 0.240 e. The number of hydrazone groups is 1. The molecule has 2 aliphatic rings. The second-order valence-corrected chi connectivity index (χ2v) is 7.81. The van der Waals surface area contributed by atoms with Crippen molar-refractivity contribution in [2.75, 3.05) is 18.4 Å². The lowest BCUT2D eigenvalue weighted by atomic mass is 10.0. The van der Waals surface area contributed by atoms with Crippen LogP contribution in [0.25, 0.3) is 0 Å². The first-order chi connectivity index (χ1) is 13.0. The van der Waals surface area contributed by atoms with Crippen molar-refractivity contribution in [3.63, 3.8) is 0 Å². The van der Waals surface area contributed by atoms with Crippen LogP contribution in [0.2, 0.25) is 0 Å². The molecule has 1 aromatic carbocycles. The van der Waals surface area contributed by atoms with Gasteiger partial charge in [-0.05, 0) is 49.3 Å². The Labute approximate surface area is 161 Å². The molecule has 2 N–H and O–H groups in total. The number of hydrogen-bond acceptors (Lipinski definition) is 4. The van der Waals surface area contributed by atoms with Crippen LogP contribution in [0.4, 0.5) is 5.69 Å². The van der Waals surface area contributed by atoms with Crippen molar-refractivity contribution in [1.82, 2.24) is 10.3 Å². The molecule has 27 heavy (non-hydrogen) atoms. The van der Waals surface area contributed by atoms with Gasteiger partial charge < -0.3 is 10.2 Å². The maximum absolute atomic E-state index is 12.6. The minimum Gasteiger partial charge on any atom is -0.381 e. The van der Waals surface area contributed by atoms with Crippen molar-refractivity contribution in [3.8, 4) is 0 Å². The van der Waals surface area contributed by atoms with E-state index >= 15 is 0 Å². The van der Waals surface area contributed by atoms with Gasteiger partial charge in [0.1, 0.15) is 0 Å². The third-order valence-corrected chi connectivity index (χ3v) is 5.33. The number of anilines is 1. The quantitative estimate of drug-likeness (QED) is 0.807. The fourth-order valence-electron chi connectivity index (χ4n) is 3.62. The maximum atomic E-state index is 12.6. The summed E-state index contributed by atoms with van der Waals surface area (Å²) in [4.78, 5) is 25.7. The highest BCUT2D eigenvalue weighted by atomic mass is 16.2. The average Bonchev–Trinajstić information content (AvgIpc) is 2.68. The summed E-state index contributed by atoms with van der Waals surface area (Å²) in [6.07, 6.45) is 4.32. The molecule has 1 atom stereocenters. The molecule has 0 spiro atoms. The van der Waals surface area contributed by atoms with Gasteiger partial charge >= 0.3 is 0 Å². The first-order valence-corrected chi connectivity index (χ1v) is 10.00. The first-order valence-electron chi connectivity index (χ1n) is 10.00. The van der Waals surface area contributed by atoms with Crippen LogP contribution in [0.5, 0.6) is 0 Å². The summed E-state index contributed by atoms with van der Waals surface area (Å²) >= 11 is 0. The molecule has 2 aliphatic heterocycles. The summed E-state index contributed by atoms with van der Waals surface area (Å²) in [6, 6.07) is 8.89. The van der Waals surface area contributed by atoms with Crippen LogP contribution in [0.1, 0.15) is 63.9 Å². The normalized spacial score (nSPS) is 20.3. The third-order valence-electron chi connectivity index (χ3n) is 5.33. The standard InChI is InChI=1S/C21H30N4O2/c1-15(2)16-5-7-17(8-6-16)22-19-4-3-13-25(14-19)21(27)12-10-18-9-11-20(26)24-23-18/h5-8,15,19,22H,3-4,9-14H2,1-2H3,(H,24,26). The molecule has 0 radical (unpaired) electrons. The highest BCUT2D eigenvalue weighted by Crippen LogP contribution is 2.20. The third kappa shape index (κ3) is 5.55. The molecule has 3 rings (SSSR count). The summed E-state index contributed by atoms with van der Waals surface area (Å²) < 4.78 is 0. The van der Waals surface area contributed by atoms with Crippen molar-refractivity contribution >= 4 is 23.2 Å². The molecule has 1 fully saturated rings.